The van der Waals surface area contributed by atoms with Crippen molar-refractivity contribution < 1.29 is 4.74 Å². The van der Waals surface area contributed by atoms with Crippen molar-refractivity contribution in [1.82, 2.24) is 0 Å². The summed E-state index contributed by atoms with van der Waals surface area (Å²) in [6, 6.07) is 11.0. The van der Waals surface area contributed by atoms with Crippen LogP contribution < -0.4 is 4.74 Å². The number of rotatable bonds is 11. The molecule has 0 amide bonds. The second-order valence-electron chi connectivity index (χ2n) is 8.06. The zero-order chi connectivity index (χ0) is 18.6. The second-order valence-corrected chi connectivity index (χ2v) is 8.06. The third-order valence-electron chi connectivity index (χ3n) is 5.97. The highest BCUT2D eigenvalue weighted by Crippen LogP contribution is 2.36. The third-order valence-corrected chi connectivity index (χ3v) is 5.97. The lowest BCUT2D eigenvalue weighted by Crippen LogP contribution is -2.22. The van der Waals surface area contributed by atoms with Crippen LogP contribution in [-0.2, 0) is 6.42 Å². The first-order valence-corrected chi connectivity index (χ1v) is 10.9. The number of nitrogens with zero attached hydrogens (tertiary/aromatic N) is 1. The maximum atomic E-state index is 9.68. The fourth-order valence-electron chi connectivity index (χ4n) is 4.30. The minimum atomic E-state index is 0.165. The Kier molecular flexibility index (Phi) is 9.61. The van der Waals surface area contributed by atoms with E-state index in [1.165, 1.54) is 63.4 Å². The largest absolute Gasteiger partial charge is 0.494 e. The minimum Gasteiger partial charge on any atom is -0.494 e. The van der Waals surface area contributed by atoms with Crippen LogP contribution in [0.15, 0.2) is 24.3 Å². The normalized spacial score (nSPS) is 21.1. The van der Waals surface area contributed by atoms with Crippen LogP contribution >= 0.6 is 0 Å². The van der Waals surface area contributed by atoms with Crippen LogP contribution in [0, 0.1) is 29.1 Å². The van der Waals surface area contributed by atoms with E-state index >= 15 is 0 Å². The van der Waals surface area contributed by atoms with Gasteiger partial charge in [-0.05, 0) is 55.2 Å². The summed E-state index contributed by atoms with van der Waals surface area (Å²) in [6.45, 7) is 5.31. The van der Waals surface area contributed by atoms with Gasteiger partial charge < -0.3 is 4.74 Å². The molecule has 1 aromatic rings. The summed E-state index contributed by atoms with van der Waals surface area (Å²) in [5.74, 6) is 2.61. The quantitative estimate of drug-likeness (QED) is 0.403. The summed E-state index contributed by atoms with van der Waals surface area (Å²) in [6.07, 6.45) is 13.6. The van der Waals surface area contributed by atoms with Crippen molar-refractivity contribution in [1.29, 1.82) is 5.26 Å². The Hall–Kier alpha value is -1.49. The standard InChI is InChI=1S/C24H37NO/c1-3-5-6-7-17-26-24-15-11-21(12-16-24)18-23(19-25)22-13-9-20(8-4-2)10-14-22/h11-12,15-16,20,22-23H,3-10,13-14,17-18H2,1-2H3/t20-,22-,23?. The van der Waals surface area contributed by atoms with Gasteiger partial charge in [-0.25, -0.2) is 0 Å². The molecule has 0 aromatic heterocycles. The van der Waals surface area contributed by atoms with Crippen molar-refractivity contribution >= 4 is 0 Å². The summed E-state index contributed by atoms with van der Waals surface area (Å²) in [5.41, 5.74) is 1.27. The Bertz CT molecular complexity index is 522. The summed E-state index contributed by atoms with van der Waals surface area (Å²) >= 11 is 0. The van der Waals surface area contributed by atoms with E-state index in [1.54, 1.807) is 0 Å². The van der Waals surface area contributed by atoms with Crippen molar-refractivity contribution in [3.63, 3.8) is 0 Å². The van der Waals surface area contributed by atoms with Gasteiger partial charge in [-0.15, -0.1) is 0 Å². The molecule has 1 fully saturated rings. The lowest BCUT2D eigenvalue weighted by Gasteiger charge is -2.31. The van der Waals surface area contributed by atoms with Crippen LogP contribution in [0.3, 0.4) is 0 Å². The lowest BCUT2D eigenvalue weighted by atomic mass is 9.73. The van der Waals surface area contributed by atoms with Crippen molar-refractivity contribution in [3.05, 3.63) is 29.8 Å². The molecule has 1 aliphatic rings. The first kappa shape index (κ1) is 20.8. The number of ether oxygens (including phenoxy) is 1. The van der Waals surface area contributed by atoms with E-state index < -0.39 is 0 Å². The molecule has 0 heterocycles. The molecule has 0 aliphatic heterocycles. The maximum Gasteiger partial charge on any atom is 0.119 e. The zero-order valence-electron chi connectivity index (χ0n) is 16.9. The first-order chi connectivity index (χ1) is 12.8. The topological polar surface area (TPSA) is 33.0 Å². The van der Waals surface area contributed by atoms with E-state index in [4.69, 9.17) is 4.74 Å². The fourth-order valence-corrected chi connectivity index (χ4v) is 4.30. The molecule has 2 rings (SSSR count). The van der Waals surface area contributed by atoms with Crippen molar-refractivity contribution in [2.75, 3.05) is 6.61 Å². The van der Waals surface area contributed by atoms with Crippen molar-refractivity contribution in [3.8, 4) is 11.8 Å². The molecule has 1 atom stereocenters. The molecule has 1 aromatic carbocycles. The van der Waals surface area contributed by atoms with Gasteiger partial charge in [-0.2, -0.15) is 5.26 Å². The Labute approximate surface area is 161 Å². The zero-order valence-corrected chi connectivity index (χ0v) is 16.9. The van der Waals surface area contributed by atoms with E-state index in [1.807, 2.05) is 0 Å². The predicted molar refractivity (Wildman–Crippen MR) is 109 cm³/mol. The molecule has 0 spiro atoms. The number of benzene rings is 1. The van der Waals surface area contributed by atoms with Crippen LogP contribution in [0.1, 0.15) is 83.6 Å². The number of unbranched alkanes of at least 4 members (excludes halogenated alkanes) is 3. The number of nitriles is 1. The summed E-state index contributed by atoms with van der Waals surface area (Å²) in [4.78, 5) is 0. The van der Waals surface area contributed by atoms with Crippen molar-refractivity contribution in [2.45, 2.75) is 84.5 Å². The average molecular weight is 356 g/mol. The Morgan fingerprint density at radius 1 is 1.00 bits per heavy atom. The van der Waals surface area contributed by atoms with Gasteiger partial charge in [-0.1, -0.05) is 70.9 Å². The molecule has 0 saturated heterocycles. The van der Waals surface area contributed by atoms with Crippen LogP contribution in [0.25, 0.3) is 0 Å². The van der Waals surface area contributed by atoms with Gasteiger partial charge in [-0.3, -0.25) is 0 Å². The molecule has 2 heteroatoms. The van der Waals surface area contributed by atoms with Gasteiger partial charge in [0.25, 0.3) is 0 Å². The van der Waals surface area contributed by atoms with E-state index in [0.29, 0.717) is 5.92 Å². The van der Waals surface area contributed by atoms with E-state index in [9.17, 15) is 5.26 Å². The average Bonchev–Trinajstić information content (AvgIpc) is 2.68. The first-order valence-electron chi connectivity index (χ1n) is 10.9. The SMILES string of the molecule is CCCCCCOc1ccc(CC(C#N)[C@H]2CC[C@H](CCC)CC2)cc1. The Morgan fingerprint density at radius 3 is 2.35 bits per heavy atom. The molecule has 0 bridgehead atoms. The van der Waals surface area contributed by atoms with Gasteiger partial charge in [0, 0.05) is 0 Å². The van der Waals surface area contributed by atoms with Gasteiger partial charge in [0.1, 0.15) is 5.75 Å². The molecular formula is C24H37NO. The summed E-state index contributed by atoms with van der Waals surface area (Å²) in [5, 5.41) is 9.68. The highest BCUT2D eigenvalue weighted by Gasteiger charge is 2.27. The van der Waals surface area contributed by atoms with Crippen LogP contribution in [0.4, 0.5) is 0 Å². The van der Waals surface area contributed by atoms with E-state index in [-0.39, 0.29) is 5.92 Å². The molecule has 1 aliphatic carbocycles. The van der Waals surface area contributed by atoms with Crippen LogP contribution in [-0.4, -0.2) is 6.61 Å². The second kappa shape index (κ2) is 12.0. The molecular weight excluding hydrogens is 318 g/mol. The molecule has 0 N–H and O–H groups in total. The number of hydrogen-bond donors (Lipinski definition) is 0. The minimum absolute atomic E-state index is 0.165. The molecule has 0 radical (unpaired) electrons. The van der Waals surface area contributed by atoms with Gasteiger partial charge in [0.05, 0.1) is 18.6 Å². The molecule has 1 unspecified atom stereocenters. The van der Waals surface area contributed by atoms with E-state index in [0.717, 1.165) is 31.1 Å². The highest BCUT2D eigenvalue weighted by atomic mass is 16.5. The Balaban J connectivity index is 1.77. The number of hydrogen-bond acceptors (Lipinski definition) is 2. The molecule has 26 heavy (non-hydrogen) atoms. The summed E-state index contributed by atoms with van der Waals surface area (Å²) < 4.78 is 5.82. The summed E-state index contributed by atoms with van der Waals surface area (Å²) in [7, 11) is 0. The lowest BCUT2D eigenvalue weighted by molar-refractivity contribution is 0.223. The van der Waals surface area contributed by atoms with E-state index in [2.05, 4.69) is 44.2 Å². The monoisotopic (exact) mass is 355 g/mol. The maximum absolute atomic E-state index is 9.68. The fraction of sp³-hybridized carbons (Fsp3) is 0.708. The third kappa shape index (κ3) is 7.02. The van der Waals surface area contributed by atoms with Crippen LogP contribution in [0.5, 0.6) is 5.75 Å². The molecule has 2 nitrogen and oxygen atoms in total. The smallest absolute Gasteiger partial charge is 0.119 e. The van der Waals surface area contributed by atoms with Crippen LogP contribution in [0.2, 0.25) is 0 Å². The predicted octanol–water partition coefficient (Wildman–Crippen LogP) is 6.93. The Morgan fingerprint density at radius 2 is 1.73 bits per heavy atom. The van der Waals surface area contributed by atoms with Gasteiger partial charge in [0.2, 0.25) is 0 Å². The molecule has 144 valence electrons. The van der Waals surface area contributed by atoms with Gasteiger partial charge in [0.15, 0.2) is 0 Å². The highest BCUT2D eigenvalue weighted by molar-refractivity contribution is 5.28. The van der Waals surface area contributed by atoms with Crippen molar-refractivity contribution in [2.24, 2.45) is 17.8 Å². The van der Waals surface area contributed by atoms with Gasteiger partial charge >= 0.3 is 0 Å². The molecule has 1 saturated carbocycles.